The lowest BCUT2D eigenvalue weighted by Crippen LogP contribution is -1.94. The molecule has 10 heavy (non-hydrogen) atoms. The van der Waals surface area contributed by atoms with E-state index in [-0.39, 0.29) is 0 Å². The second-order valence-electron chi connectivity index (χ2n) is 2.13. The van der Waals surface area contributed by atoms with Crippen LogP contribution in [0.15, 0.2) is 6.20 Å². The highest BCUT2D eigenvalue weighted by Gasteiger charge is 1.96. The van der Waals surface area contributed by atoms with Crippen LogP contribution in [0, 0.1) is 13.8 Å². The molecule has 0 fully saturated rings. The van der Waals surface area contributed by atoms with E-state index in [1.165, 1.54) is 0 Å². The summed E-state index contributed by atoms with van der Waals surface area (Å²) < 4.78 is 4.83. The van der Waals surface area contributed by atoms with Gasteiger partial charge in [0, 0.05) is 11.9 Å². The summed E-state index contributed by atoms with van der Waals surface area (Å²) in [6.07, 6.45) is 1.75. The van der Waals surface area contributed by atoms with E-state index in [1.807, 2.05) is 13.8 Å². The Kier molecular flexibility index (Phi) is 1.85. The SMILES string of the molecule is COc1ncc(C)c(C)n1. The van der Waals surface area contributed by atoms with Crippen LogP contribution in [0.4, 0.5) is 0 Å². The van der Waals surface area contributed by atoms with Gasteiger partial charge in [0.05, 0.1) is 7.11 Å². The zero-order valence-electron chi connectivity index (χ0n) is 6.38. The minimum atomic E-state index is 0.433. The van der Waals surface area contributed by atoms with Crippen molar-refractivity contribution in [3.05, 3.63) is 17.5 Å². The molecule has 1 aromatic rings. The molecule has 0 aromatic carbocycles. The molecule has 0 amide bonds. The molecule has 3 heteroatoms. The Morgan fingerprint density at radius 3 is 2.60 bits per heavy atom. The third-order valence-electron chi connectivity index (χ3n) is 1.39. The van der Waals surface area contributed by atoms with Crippen molar-refractivity contribution in [2.45, 2.75) is 13.8 Å². The number of nitrogens with zero attached hydrogens (tertiary/aromatic N) is 2. The maximum absolute atomic E-state index is 4.83. The summed E-state index contributed by atoms with van der Waals surface area (Å²) in [4.78, 5) is 7.98. The van der Waals surface area contributed by atoms with Crippen LogP contribution in [0.3, 0.4) is 0 Å². The molecule has 0 atom stereocenters. The number of hydrogen-bond donors (Lipinski definition) is 0. The van der Waals surface area contributed by atoms with Crippen LogP contribution in [0.25, 0.3) is 0 Å². The highest BCUT2D eigenvalue weighted by molar-refractivity contribution is 5.15. The number of rotatable bonds is 1. The molecule has 1 rings (SSSR count). The van der Waals surface area contributed by atoms with Crippen molar-refractivity contribution in [1.82, 2.24) is 9.97 Å². The summed E-state index contributed by atoms with van der Waals surface area (Å²) in [5.41, 5.74) is 2.05. The molecular weight excluding hydrogens is 128 g/mol. The first-order chi connectivity index (χ1) is 4.74. The van der Waals surface area contributed by atoms with Gasteiger partial charge < -0.3 is 4.74 Å². The standard InChI is InChI=1S/C7H10N2O/c1-5-4-8-7(10-3)9-6(5)2/h4H,1-3H3. The number of ether oxygens (including phenoxy) is 1. The van der Waals surface area contributed by atoms with Crippen LogP contribution >= 0.6 is 0 Å². The van der Waals surface area contributed by atoms with Crippen LogP contribution in [0.2, 0.25) is 0 Å². The molecule has 0 spiro atoms. The van der Waals surface area contributed by atoms with E-state index in [4.69, 9.17) is 4.74 Å². The monoisotopic (exact) mass is 138 g/mol. The van der Waals surface area contributed by atoms with E-state index in [1.54, 1.807) is 13.3 Å². The van der Waals surface area contributed by atoms with E-state index in [2.05, 4.69) is 9.97 Å². The lowest BCUT2D eigenvalue weighted by atomic mass is 10.3. The average Bonchev–Trinajstić information content (AvgIpc) is 1.95. The summed E-state index contributed by atoms with van der Waals surface area (Å²) in [5, 5.41) is 0. The first-order valence-corrected chi connectivity index (χ1v) is 3.08. The topological polar surface area (TPSA) is 35.0 Å². The second-order valence-corrected chi connectivity index (χ2v) is 2.13. The van der Waals surface area contributed by atoms with Crippen LogP contribution in [-0.4, -0.2) is 17.1 Å². The minimum Gasteiger partial charge on any atom is -0.467 e. The van der Waals surface area contributed by atoms with Gasteiger partial charge in [-0.3, -0.25) is 0 Å². The van der Waals surface area contributed by atoms with Crippen molar-refractivity contribution >= 4 is 0 Å². The third kappa shape index (κ3) is 1.23. The Balaban J connectivity index is 3.04. The van der Waals surface area contributed by atoms with Crippen molar-refractivity contribution < 1.29 is 4.74 Å². The Labute approximate surface area is 60.1 Å². The first kappa shape index (κ1) is 6.99. The normalized spacial score (nSPS) is 9.50. The van der Waals surface area contributed by atoms with E-state index >= 15 is 0 Å². The molecular formula is C7H10N2O. The number of aromatic nitrogens is 2. The largest absolute Gasteiger partial charge is 0.467 e. The number of methoxy groups -OCH3 is 1. The van der Waals surface area contributed by atoms with Crippen molar-refractivity contribution in [2.24, 2.45) is 0 Å². The maximum Gasteiger partial charge on any atom is 0.316 e. The highest BCUT2D eigenvalue weighted by Crippen LogP contribution is 2.05. The molecule has 0 N–H and O–H groups in total. The molecule has 0 bridgehead atoms. The molecule has 0 radical (unpaired) electrons. The maximum atomic E-state index is 4.83. The van der Waals surface area contributed by atoms with Gasteiger partial charge in [-0.2, -0.15) is 0 Å². The van der Waals surface area contributed by atoms with Gasteiger partial charge >= 0.3 is 6.01 Å². The summed E-state index contributed by atoms with van der Waals surface area (Å²) >= 11 is 0. The Morgan fingerprint density at radius 1 is 1.40 bits per heavy atom. The van der Waals surface area contributed by atoms with Crippen molar-refractivity contribution in [1.29, 1.82) is 0 Å². The van der Waals surface area contributed by atoms with Crippen LogP contribution in [0.5, 0.6) is 6.01 Å². The van der Waals surface area contributed by atoms with E-state index in [0.29, 0.717) is 6.01 Å². The first-order valence-electron chi connectivity index (χ1n) is 3.08. The van der Waals surface area contributed by atoms with Crippen molar-refractivity contribution in [3.8, 4) is 6.01 Å². The molecule has 0 saturated heterocycles. The predicted octanol–water partition coefficient (Wildman–Crippen LogP) is 1.10. The van der Waals surface area contributed by atoms with E-state index in [9.17, 15) is 0 Å². The molecule has 0 unspecified atom stereocenters. The second kappa shape index (κ2) is 2.64. The van der Waals surface area contributed by atoms with Gasteiger partial charge in [0.2, 0.25) is 0 Å². The van der Waals surface area contributed by atoms with Gasteiger partial charge in [-0.25, -0.2) is 9.97 Å². The molecule has 1 heterocycles. The van der Waals surface area contributed by atoms with E-state index in [0.717, 1.165) is 11.3 Å². The molecule has 0 aliphatic heterocycles. The van der Waals surface area contributed by atoms with Crippen LogP contribution in [-0.2, 0) is 0 Å². The molecule has 1 aromatic heterocycles. The van der Waals surface area contributed by atoms with Gasteiger partial charge in [-0.05, 0) is 19.4 Å². The number of hydrogen-bond acceptors (Lipinski definition) is 3. The molecule has 3 nitrogen and oxygen atoms in total. The summed E-state index contributed by atoms with van der Waals surface area (Å²) in [6, 6.07) is 0.433. The Morgan fingerprint density at radius 2 is 2.10 bits per heavy atom. The Bertz CT molecular complexity index is 235. The van der Waals surface area contributed by atoms with Gasteiger partial charge in [-0.1, -0.05) is 0 Å². The fourth-order valence-corrected chi connectivity index (χ4v) is 0.604. The molecule has 0 aliphatic rings. The minimum absolute atomic E-state index is 0.433. The van der Waals surface area contributed by atoms with Crippen molar-refractivity contribution in [3.63, 3.8) is 0 Å². The van der Waals surface area contributed by atoms with Gasteiger partial charge in [0.25, 0.3) is 0 Å². The zero-order valence-corrected chi connectivity index (χ0v) is 6.38. The molecule has 0 aliphatic carbocycles. The van der Waals surface area contributed by atoms with E-state index < -0.39 is 0 Å². The fourth-order valence-electron chi connectivity index (χ4n) is 0.604. The summed E-state index contributed by atoms with van der Waals surface area (Å²) in [6.45, 7) is 3.90. The molecule has 54 valence electrons. The van der Waals surface area contributed by atoms with Gasteiger partial charge in [-0.15, -0.1) is 0 Å². The quantitative estimate of drug-likeness (QED) is 0.583. The smallest absolute Gasteiger partial charge is 0.316 e. The van der Waals surface area contributed by atoms with Crippen molar-refractivity contribution in [2.75, 3.05) is 7.11 Å². The Hall–Kier alpha value is -1.12. The summed E-state index contributed by atoms with van der Waals surface area (Å²) in [7, 11) is 1.56. The highest BCUT2D eigenvalue weighted by atomic mass is 16.5. The predicted molar refractivity (Wildman–Crippen MR) is 38.1 cm³/mol. The van der Waals surface area contributed by atoms with Crippen LogP contribution in [0.1, 0.15) is 11.3 Å². The van der Waals surface area contributed by atoms with Crippen LogP contribution < -0.4 is 4.74 Å². The van der Waals surface area contributed by atoms with Gasteiger partial charge in [0.1, 0.15) is 0 Å². The lowest BCUT2D eigenvalue weighted by Gasteiger charge is -1.99. The molecule has 0 saturated carbocycles. The zero-order chi connectivity index (χ0) is 7.56. The third-order valence-corrected chi connectivity index (χ3v) is 1.39. The average molecular weight is 138 g/mol. The van der Waals surface area contributed by atoms with Gasteiger partial charge in [0.15, 0.2) is 0 Å². The lowest BCUT2D eigenvalue weighted by molar-refractivity contribution is 0.378. The number of aryl methyl sites for hydroxylation is 2. The summed E-state index contributed by atoms with van der Waals surface area (Å²) in [5.74, 6) is 0. The fraction of sp³-hybridized carbons (Fsp3) is 0.429.